The lowest BCUT2D eigenvalue weighted by atomic mass is 10.1. The number of aliphatic hydroxyl groups excluding tert-OH is 1. The fraction of sp³-hybridized carbons (Fsp3) is 0.462. The fourth-order valence-electron chi connectivity index (χ4n) is 1.46. The molecule has 1 aromatic rings. The third-order valence-electron chi connectivity index (χ3n) is 2.56. The standard InChI is InChI=1S/C13H19NO5/c1-8(15)4-5-19-13(16)10-6-9(17-2)7-11(18-3)12(10)14/h6-8,15H,4-5,14H2,1-3H3. The maximum atomic E-state index is 11.9. The molecule has 0 amide bonds. The molecule has 0 saturated heterocycles. The summed E-state index contributed by atoms with van der Waals surface area (Å²) in [5, 5.41) is 9.10. The summed E-state index contributed by atoms with van der Waals surface area (Å²) in [5.41, 5.74) is 6.20. The topological polar surface area (TPSA) is 91.0 Å². The van der Waals surface area contributed by atoms with Gasteiger partial charge < -0.3 is 25.1 Å². The van der Waals surface area contributed by atoms with E-state index in [1.54, 1.807) is 13.0 Å². The molecule has 0 aromatic heterocycles. The van der Waals surface area contributed by atoms with Gasteiger partial charge in [-0.05, 0) is 13.0 Å². The number of rotatable bonds is 6. The minimum atomic E-state index is -0.574. The predicted octanol–water partition coefficient (Wildman–Crippen LogP) is 1.21. The Labute approximate surface area is 112 Å². The molecule has 19 heavy (non-hydrogen) atoms. The van der Waals surface area contributed by atoms with E-state index in [0.29, 0.717) is 17.9 Å². The highest BCUT2D eigenvalue weighted by molar-refractivity contribution is 5.97. The van der Waals surface area contributed by atoms with E-state index >= 15 is 0 Å². The maximum absolute atomic E-state index is 11.9. The number of hydrogen-bond donors (Lipinski definition) is 2. The number of benzene rings is 1. The zero-order valence-electron chi connectivity index (χ0n) is 11.3. The molecular weight excluding hydrogens is 250 g/mol. The molecule has 1 rings (SSSR count). The first-order valence-electron chi connectivity index (χ1n) is 5.86. The van der Waals surface area contributed by atoms with E-state index in [-0.39, 0.29) is 17.9 Å². The fourth-order valence-corrected chi connectivity index (χ4v) is 1.46. The van der Waals surface area contributed by atoms with Gasteiger partial charge in [0.1, 0.15) is 11.5 Å². The summed E-state index contributed by atoms with van der Waals surface area (Å²) < 4.78 is 15.2. The Morgan fingerprint density at radius 1 is 1.37 bits per heavy atom. The van der Waals surface area contributed by atoms with E-state index in [2.05, 4.69) is 0 Å². The van der Waals surface area contributed by atoms with Crippen molar-refractivity contribution in [2.75, 3.05) is 26.6 Å². The average molecular weight is 269 g/mol. The lowest BCUT2D eigenvalue weighted by molar-refractivity contribution is 0.0445. The zero-order chi connectivity index (χ0) is 14.4. The lowest BCUT2D eigenvalue weighted by Crippen LogP contribution is -2.13. The Kier molecular flexibility index (Phi) is 5.44. The molecular formula is C13H19NO5. The molecule has 1 aromatic carbocycles. The summed E-state index contributed by atoms with van der Waals surface area (Å²) in [6.07, 6.45) is -0.155. The molecule has 0 fully saturated rings. The van der Waals surface area contributed by atoms with Crippen molar-refractivity contribution in [2.24, 2.45) is 0 Å². The highest BCUT2D eigenvalue weighted by Crippen LogP contribution is 2.31. The van der Waals surface area contributed by atoms with Gasteiger partial charge in [0.15, 0.2) is 0 Å². The summed E-state index contributed by atoms with van der Waals surface area (Å²) in [5.74, 6) is 0.228. The highest BCUT2D eigenvalue weighted by Gasteiger charge is 2.17. The summed E-state index contributed by atoms with van der Waals surface area (Å²) in [4.78, 5) is 11.9. The molecule has 1 atom stereocenters. The van der Waals surface area contributed by atoms with Crippen molar-refractivity contribution in [1.82, 2.24) is 0 Å². The summed E-state index contributed by atoms with van der Waals surface area (Å²) in [6, 6.07) is 3.07. The van der Waals surface area contributed by atoms with Gasteiger partial charge in [-0.3, -0.25) is 0 Å². The van der Waals surface area contributed by atoms with Crippen molar-refractivity contribution in [1.29, 1.82) is 0 Å². The Morgan fingerprint density at radius 2 is 2.05 bits per heavy atom. The number of carbonyl (C=O) groups is 1. The van der Waals surface area contributed by atoms with Crippen LogP contribution in [0.15, 0.2) is 12.1 Å². The van der Waals surface area contributed by atoms with E-state index in [4.69, 9.17) is 25.1 Å². The molecule has 6 heteroatoms. The number of methoxy groups -OCH3 is 2. The first-order chi connectivity index (χ1) is 8.99. The Morgan fingerprint density at radius 3 is 2.58 bits per heavy atom. The molecule has 6 nitrogen and oxygen atoms in total. The number of carbonyl (C=O) groups excluding carboxylic acids is 1. The summed E-state index contributed by atoms with van der Waals surface area (Å²) in [6.45, 7) is 1.74. The Hall–Kier alpha value is -1.95. The van der Waals surface area contributed by atoms with Crippen molar-refractivity contribution >= 4 is 11.7 Å². The molecule has 1 unspecified atom stereocenters. The SMILES string of the molecule is COc1cc(OC)c(N)c(C(=O)OCCC(C)O)c1. The molecule has 0 radical (unpaired) electrons. The number of ether oxygens (including phenoxy) is 3. The molecule has 3 N–H and O–H groups in total. The third-order valence-corrected chi connectivity index (χ3v) is 2.56. The van der Waals surface area contributed by atoms with E-state index in [1.807, 2.05) is 0 Å². The second-order valence-electron chi connectivity index (χ2n) is 4.06. The molecule has 0 aliphatic carbocycles. The third kappa shape index (κ3) is 4.03. The highest BCUT2D eigenvalue weighted by atomic mass is 16.5. The molecule has 0 aliphatic heterocycles. The lowest BCUT2D eigenvalue weighted by Gasteiger charge is -2.12. The van der Waals surface area contributed by atoms with Crippen LogP contribution in [0.1, 0.15) is 23.7 Å². The molecule has 0 spiro atoms. The van der Waals surface area contributed by atoms with Gasteiger partial charge in [-0.1, -0.05) is 0 Å². The summed E-state index contributed by atoms with van der Waals surface area (Å²) >= 11 is 0. The predicted molar refractivity (Wildman–Crippen MR) is 70.5 cm³/mol. The van der Waals surface area contributed by atoms with Gasteiger partial charge in [0.25, 0.3) is 0 Å². The second-order valence-corrected chi connectivity index (χ2v) is 4.06. The number of anilines is 1. The van der Waals surface area contributed by atoms with Crippen LogP contribution >= 0.6 is 0 Å². The van der Waals surface area contributed by atoms with Gasteiger partial charge >= 0.3 is 5.97 Å². The van der Waals surface area contributed by atoms with Gasteiger partial charge in [0, 0.05) is 12.5 Å². The van der Waals surface area contributed by atoms with Gasteiger partial charge in [-0.2, -0.15) is 0 Å². The molecule has 0 saturated carbocycles. The molecule has 106 valence electrons. The van der Waals surface area contributed by atoms with Crippen LogP contribution in [0.2, 0.25) is 0 Å². The minimum absolute atomic E-state index is 0.121. The number of esters is 1. The van der Waals surface area contributed by atoms with Gasteiger partial charge in [-0.15, -0.1) is 0 Å². The second kappa shape index (κ2) is 6.84. The minimum Gasteiger partial charge on any atom is -0.497 e. The van der Waals surface area contributed by atoms with Crippen molar-refractivity contribution in [3.63, 3.8) is 0 Å². The molecule has 0 bridgehead atoms. The first kappa shape index (κ1) is 15.1. The molecule has 0 heterocycles. The first-order valence-corrected chi connectivity index (χ1v) is 5.86. The van der Waals surface area contributed by atoms with E-state index in [0.717, 1.165) is 0 Å². The van der Waals surface area contributed by atoms with Crippen molar-refractivity contribution in [2.45, 2.75) is 19.4 Å². The largest absolute Gasteiger partial charge is 0.497 e. The van der Waals surface area contributed by atoms with Crippen LogP contribution in [0.3, 0.4) is 0 Å². The maximum Gasteiger partial charge on any atom is 0.340 e. The van der Waals surface area contributed by atoms with Gasteiger partial charge in [-0.25, -0.2) is 4.79 Å². The van der Waals surface area contributed by atoms with Crippen LogP contribution in [0.5, 0.6) is 11.5 Å². The van der Waals surface area contributed by atoms with Crippen molar-refractivity contribution in [3.8, 4) is 11.5 Å². The summed E-state index contributed by atoms with van der Waals surface area (Å²) in [7, 11) is 2.93. The number of nitrogens with two attached hydrogens (primary N) is 1. The average Bonchev–Trinajstić information content (AvgIpc) is 2.38. The van der Waals surface area contributed by atoms with Crippen LogP contribution in [0.25, 0.3) is 0 Å². The zero-order valence-corrected chi connectivity index (χ0v) is 11.3. The Bertz CT molecular complexity index is 445. The van der Waals surface area contributed by atoms with E-state index < -0.39 is 12.1 Å². The Balaban J connectivity index is 2.89. The van der Waals surface area contributed by atoms with E-state index in [1.165, 1.54) is 20.3 Å². The van der Waals surface area contributed by atoms with Crippen molar-refractivity contribution in [3.05, 3.63) is 17.7 Å². The number of hydrogen-bond acceptors (Lipinski definition) is 6. The van der Waals surface area contributed by atoms with Gasteiger partial charge in [0.2, 0.25) is 0 Å². The van der Waals surface area contributed by atoms with Crippen LogP contribution in [-0.2, 0) is 4.74 Å². The van der Waals surface area contributed by atoms with Crippen LogP contribution in [0.4, 0.5) is 5.69 Å². The van der Waals surface area contributed by atoms with Crippen LogP contribution < -0.4 is 15.2 Å². The van der Waals surface area contributed by atoms with Gasteiger partial charge in [0.05, 0.1) is 38.2 Å². The number of nitrogen functional groups attached to an aromatic ring is 1. The quantitative estimate of drug-likeness (QED) is 0.596. The van der Waals surface area contributed by atoms with E-state index in [9.17, 15) is 4.79 Å². The van der Waals surface area contributed by atoms with Crippen molar-refractivity contribution < 1.29 is 24.1 Å². The smallest absolute Gasteiger partial charge is 0.340 e. The normalized spacial score (nSPS) is 11.8. The molecule has 0 aliphatic rings. The van der Waals surface area contributed by atoms with Crippen LogP contribution in [-0.4, -0.2) is 38.0 Å². The van der Waals surface area contributed by atoms with Crippen LogP contribution in [0, 0.1) is 0 Å². The number of aliphatic hydroxyl groups is 1. The monoisotopic (exact) mass is 269 g/mol.